The van der Waals surface area contributed by atoms with Gasteiger partial charge in [0.15, 0.2) is 0 Å². The lowest BCUT2D eigenvalue weighted by atomic mass is 10.1. The molecule has 0 aliphatic heterocycles. The van der Waals surface area contributed by atoms with Crippen molar-refractivity contribution in [1.82, 2.24) is 0 Å². The summed E-state index contributed by atoms with van der Waals surface area (Å²) in [4.78, 5) is 11.4. The Bertz CT molecular complexity index is 638. The summed E-state index contributed by atoms with van der Waals surface area (Å²) in [6.07, 6.45) is 0. The van der Waals surface area contributed by atoms with Gasteiger partial charge in [0.2, 0.25) is 0 Å². The molecule has 0 bridgehead atoms. The maximum absolute atomic E-state index is 13.6. The molecule has 0 amide bonds. The summed E-state index contributed by atoms with van der Waals surface area (Å²) in [5, 5.41) is 3.27. The van der Waals surface area contributed by atoms with Gasteiger partial charge in [-0.05, 0) is 55.3 Å². The lowest BCUT2D eigenvalue weighted by molar-refractivity contribution is 0.0601. The number of halogens is 1. The molecule has 110 valence electrons. The minimum absolute atomic E-state index is 0.0379. The highest BCUT2D eigenvalue weighted by atomic mass is 19.1. The van der Waals surface area contributed by atoms with Crippen LogP contribution in [0.1, 0.15) is 34.5 Å². The molecule has 1 unspecified atom stereocenters. The molecule has 0 aromatic heterocycles. The molecule has 2 rings (SSSR count). The number of aryl methyl sites for hydroxylation is 1. The van der Waals surface area contributed by atoms with Crippen molar-refractivity contribution in [3.63, 3.8) is 0 Å². The van der Waals surface area contributed by atoms with Crippen LogP contribution in [-0.4, -0.2) is 13.1 Å². The molecule has 2 aromatic carbocycles. The molecular formula is C17H18FNO2. The summed E-state index contributed by atoms with van der Waals surface area (Å²) in [6, 6.07) is 12.1. The molecule has 4 heteroatoms. The highest BCUT2D eigenvalue weighted by Gasteiger charge is 2.09. The van der Waals surface area contributed by atoms with Crippen molar-refractivity contribution < 1.29 is 13.9 Å². The molecule has 0 heterocycles. The Morgan fingerprint density at radius 2 is 1.86 bits per heavy atom. The molecular weight excluding hydrogens is 269 g/mol. The molecule has 0 aliphatic carbocycles. The number of rotatable bonds is 4. The molecule has 3 nitrogen and oxygen atoms in total. The van der Waals surface area contributed by atoms with Gasteiger partial charge < -0.3 is 10.1 Å². The summed E-state index contributed by atoms with van der Waals surface area (Å²) in [6.45, 7) is 3.70. The number of esters is 1. The number of methoxy groups -OCH3 is 1. The van der Waals surface area contributed by atoms with Crippen LogP contribution in [0.2, 0.25) is 0 Å². The van der Waals surface area contributed by atoms with Crippen molar-refractivity contribution in [2.45, 2.75) is 19.9 Å². The van der Waals surface area contributed by atoms with Gasteiger partial charge in [-0.25, -0.2) is 9.18 Å². The first-order chi connectivity index (χ1) is 10.0. The van der Waals surface area contributed by atoms with Crippen LogP contribution in [0.15, 0.2) is 42.5 Å². The van der Waals surface area contributed by atoms with Gasteiger partial charge >= 0.3 is 5.97 Å². The maximum Gasteiger partial charge on any atom is 0.337 e. The predicted molar refractivity (Wildman–Crippen MR) is 81.0 cm³/mol. The second kappa shape index (κ2) is 6.39. The molecule has 0 fully saturated rings. The minimum Gasteiger partial charge on any atom is -0.465 e. The molecule has 2 aromatic rings. The SMILES string of the molecule is COC(=O)c1ccc(NC(C)c2ccc(C)c(F)c2)cc1. The first-order valence-corrected chi connectivity index (χ1v) is 6.72. The fourth-order valence-corrected chi connectivity index (χ4v) is 2.03. The molecule has 1 N–H and O–H groups in total. The highest BCUT2D eigenvalue weighted by molar-refractivity contribution is 5.89. The van der Waals surface area contributed by atoms with Gasteiger partial charge in [0.1, 0.15) is 5.82 Å². The largest absolute Gasteiger partial charge is 0.465 e. The smallest absolute Gasteiger partial charge is 0.337 e. The molecule has 21 heavy (non-hydrogen) atoms. The number of anilines is 1. The third-order valence-corrected chi connectivity index (χ3v) is 3.39. The number of nitrogens with one attached hydrogen (secondary N) is 1. The number of hydrogen-bond acceptors (Lipinski definition) is 3. The second-order valence-electron chi connectivity index (χ2n) is 4.94. The lowest BCUT2D eigenvalue weighted by Crippen LogP contribution is -2.08. The second-order valence-corrected chi connectivity index (χ2v) is 4.94. The summed E-state index contributed by atoms with van der Waals surface area (Å²) in [7, 11) is 1.35. The molecule has 0 spiro atoms. The van der Waals surface area contributed by atoms with E-state index in [4.69, 9.17) is 0 Å². The standard InChI is InChI=1S/C17H18FNO2/c1-11-4-5-14(10-16(11)18)12(2)19-15-8-6-13(7-9-15)17(20)21-3/h4-10,12,19H,1-3H3. The molecule has 0 saturated carbocycles. The van der Waals surface area contributed by atoms with E-state index in [1.54, 1.807) is 37.3 Å². The van der Waals surface area contributed by atoms with Crippen molar-refractivity contribution in [2.75, 3.05) is 12.4 Å². The van der Waals surface area contributed by atoms with Crippen LogP contribution in [0, 0.1) is 12.7 Å². The quantitative estimate of drug-likeness (QED) is 0.861. The van der Waals surface area contributed by atoms with Crippen LogP contribution in [0.3, 0.4) is 0 Å². The predicted octanol–water partition coefficient (Wildman–Crippen LogP) is 4.09. The van der Waals surface area contributed by atoms with Gasteiger partial charge in [0, 0.05) is 11.7 Å². The molecule has 0 aliphatic rings. The Hall–Kier alpha value is -2.36. The van der Waals surface area contributed by atoms with Crippen LogP contribution in [0.25, 0.3) is 0 Å². The van der Waals surface area contributed by atoms with Gasteiger partial charge in [-0.1, -0.05) is 12.1 Å². The van der Waals surface area contributed by atoms with Crippen LogP contribution < -0.4 is 5.32 Å². The van der Waals surface area contributed by atoms with Crippen molar-refractivity contribution >= 4 is 11.7 Å². The molecule has 1 atom stereocenters. The normalized spacial score (nSPS) is 11.8. The Balaban J connectivity index is 2.10. The average molecular weight is 287 g/mol. The van der Waals surface area contributed by atoms with E-state index in [9.17, 15) is 9.18 Å². The van der Waals surface area contributed by atoms with Gasteiger partial charge in [0.05, 0.1) is 12.7 Å². The van der Waals surface area contributed by atoms with Gasteiger partial charge in [-0.3, -0.25) is 0 Å². The zero-order valence-electron chi connectivity index (χ0n) is 12.3. The third kappa shape index (κ3) is 3.60. The summed E-state index contributed by atoms with van der Waals surface area (Å²) < 4.78 is 18.2. The molecule has 0 saturated heterocycles. The Morgan fingerprint density at radius 3 is 2.43 bits per heavy atom. The van der Waals surface area contributed by atoms with Crippen molar-refractivity contribution in [1.29, 1.82) is 0 Å². The topological polar surface area (TPSA) is 38.3 Å². The number of benzene rings is 2. The van der Waals surface area contributed by atoms with Gasteiger partial charge in [-0.15, -0.1) is 0 Å². The zero-order valence-corrected chi connectivity index (χ0v) is 12.3. The fourth-order valence-electron chi connectivity index (χ4n) is 2.03. The maximum atomic E-state index is 13.6. The van der Waals surface area contributed by atoms with Crippen LogP contribution in [0.5, 0.6) is 0 Å². The summed E-state index contributed by atoms with van der Waals surface area (Å²) in [5.74, 6) is -0.572. The van der Waals surface area contributed by atoms with E-state index in [1.807, 2.05) is 13.0 Å². The van der Waals surface area contributed by atoms with E-state index < -0.39 is 0 Å². The number of carbonyl (C=O) groups is 1. The van der Waals surface area contributed by atoms with E-state index in [-0.39, 0.29) is 17.8 Å². The average Bonchev–Trinajstić information content (AvgIpc) is 2.50. The van der Waals surface area contributed by atoms with Gasteiger partial charge in [-0.2, -0.15) is 0 Å². The molecule has 0 radical (unpaired) electrons. The van der Waals surface area contributed by atoms with E-state index in [2.05, 4.69) is 10.1 Å². The monoisotopic (exact) mass is 287 g/mol. The number of ether oxygens (including phenoxy) is 1. The van der Waals surface area contributed by atoms with E-state index >= 15 is 0 Å². The van der Waals surface area contributed by atoms with Gasteiger partial charge in [0.25, 0.3) is 0 Å². The Kier molecular flexibility index (Phi) is 4.58. The number of carbonyl (C=O) groups excluding carboxylic acids is 1. The number of hydrogen-bond donors (Lipinski definition) is 1. The Labute approximate surface area is 123 Å². The third-order valence-electron chi connectivity index (χ3n) is 3.39. The summed E-state index contributed by atoms with van der Waals surface area (Å²) >= 11 is 0. The van der Waals surface area contributed by atoms with Crippen LogP contribution in [0.4, 0.5) is 10.1 Å². The van der Waals surface area contributed by atoms with E-state index in [1.165, 1.54) is 13.2 Å². The van der Waals surface area contributed by atoms with Crippen molar-refractivity contribution in [2.24, 2.45) is 0 Å². The first-order valence-electron chi connectivity index (χ1n) is 6.72. The van der Waals surface area contributed by atoms with Crippen molar-refractivity contribution in [3.05, 3.63) is 65.0 Å². The Morgan fingerprint density at radius 1 is 1.19 bits per heavy atom. The van der Waals surface area contributed by atoms with Crippen LogP contribution >= 0.6 is 0 Å². The van der Waals surface area contributed by atoms with E-state index in [0.717, 1.165) is 11.3 Å². The van der Waals surface area contributed by atoms with E-state index in [0.29, 0.717) is 11.1 Å². The first kappa shape index (κ1) is 15.0. The zero-order chi connectivity index (χ0) is 15.4. The minimum atomic E-state index is -0.366. The fraction of sp³-hybridized carbons (Fsp3) is 0.235. The lowest BCUT2D eigenvalue weighted by Gasteiger charge is -2.16. The highest BCUT2D eigenvalue weighted by Crippen LogP contribution is 2.21. The van der Waals surface area contributed by atoms with Crippen molar-refractivity contribution in [3.8, 4) is 0 Å². The summed E-state index contributed by atoms with van der Waals surface area (Å²) in [5.41, 5.74) is 2.86. The van der Waals surface area contributed by atoms with Crippen LogP contribution in [-0.2, 0) is 4.74 Å².